The zero-order valence-corrected chi connectivity index (χ0v) is 16.0. The summed E-state index contributed by atoms with van der Waals surface area (Å²) in [6, 6.07) is 3.68. The molecular weight excluding hydrogens is 322 g/mol. The molecule has 26 heavy (non-hydrogen) atoms. The highest BCUT2D eigenvalue weighted by Crippen LogP contribution is 2.39. The third-order valence-corrected chi connectivity index (χ3v) is 6.97. The van der Waals surface area contributed by atoms with E-state index in [9.17, 15) is 4.79 Å². The Balaban J connectivity index is 1.31. The van der Waals surface area contributed by atoms with Crippen LogP contribution in [0.4, 0.5) is 0 Å². The van der Waals surface area contributed by atoms with Crippen molar-refractivity contribution in [2.24, 2.45) is 11.3 Å². The fourth-order valence-electron chi connectivity index (χ4n) is 5.46. The molecule has 1 aromatic heterocycles. The van der Waals surface area contributed by atoms with E-state index in [0.29, 0.717) is 5.41 Å². The van der Waals surface area contributed by atoms with Crippen molar-refractivity contribution >= 4 is 5.91 Å². The second kappa shape index (κ2) is 8.08. The Hall–Kier alpha value is -1.42. The van der Waals surface area contributed by atoms with Gasteiger partial charge in [-0.2, -0.15) is 0 Å². The third kappa shape index (κ3) is 4.11. The number of aromatic nitrogens is 1. The van der Waals surface area contributed by atoms with Gasteiger partial charge in [0, 0.05) is 43.0 Å². The summed E-state index contributed by atoms with van der Waals surface area (Å²) in [5.41, 5.74) is 1.12. The summed E-state index contributed by atoms with van der Waals surface area (Å²) in [6.45, 7) is 5.57. The fourth-order valence-corrected chi connectivity index (χ4v) is 5.46. The zero-order valence-electron chi connectivity index (χ0n) is 16.0. The van der Waals surface area contributed by atoms with E-state index >= 15 is 0 Å². The smallest absolute Gasteiger partial charge is 0.253 e. The van der Waals surface area contributed by atoms with E-state index in [2.05, 4.69) is 14.8 Å². The topological polar surface area (TPSA) is 36.4 Å². The van der Waals surface area contributed by atoms with Gasteiger partial charge >= 0.3 is 0 Å². The van der Waals surface area contributed by atoms with E-state index in [1.807, 2.05) is 12.1 Å². The van der Waals surface area contributed by atoms with Crippen LogP contribution in [-0.2, 0) is 0 Å². The second-order valence-electron chi connectivity index (χ2n) is 8.89. The van der Waals surface area contributed by atoms with E-state index in [0.717, 1.165) is 24.6 Å². The molecule has 2 aliphatic heterocycles. The molecule has 0 bridgehead atoms. The largest absolute Gasteiger partial charge is 0.338 e. The minimum atomic E-state index is 0.184. The summed E-state index contributed by atoms with van der Waals surface area (Å²) >= 11 is 0. The summed E-state index contributed by atoms with van der Waals surface area (Å²) in [5, 5.41) is 0. The van der Waals surface area contributed by atoms with Gasteiger partial charge in [0.05, 0.1) is 0 Å². The van der Waals surface area contributed by atoms with Gasteiger partial charge in [0.25, 0.3) is 5.91 Å². The first-order valence-corrected chi connectivity index (χ1v) is 10.7. The quantitative estimate of drug-likeness (QED) is 0.820. The predicted octanol–water partition coefficient (Wildman–Crippen LogP) is 3.98. The van der Waals surface area contributed by atoms with Crippen molar-refractivity contribution in [1.29, 1.82) is 0 Å². The fraction of sp³-hybridized carbons (Fsp3) is 0.727. The molecule has 1 unspecified atom stereocenters. The molecule has 0 aromatic carbocycles. The highest BCUT2D eigenvalue weighted by atomic mass is 16.2. The van der Waals surface area contributed by atoms with E-state index in [1.54, 1.807) is 12.4 Å². The number of carbonyl (C=O) groups is 1. The Kier molecular flexibility index (Phi) is 5.58. The Morgan fingerprint density at radius 1 is 1.04 bits per heavy atom. The first-order valence-electron chi connectivity index (χ1n) is 10.7. The standard InChI is InChI=1S/C22H33N3O/c26-21(20-7-12-23-13-8-20)25-16-11-22(18-25)10-4-14-24(17-22)15-9-19-5-2-1-3-6-19/h7-8,12-13,19H,1-6,9-11,14-18H2. The van der Waals surface area contributed by atoms with Crippen LogP contribution in [0.5, 0.6) is 0 Å². The molecule has 4 heteroatoms. The van der Waals surface area contributed by atoms with Crippen molar-refractivity contribution in [2.75, 3.05) is 32.7 Å². The van der Waals surface area contributed by atoms with Crippen LogP contribution in [0.2, 0.25) is 0 Å². The Labute approximate surface area is 158 Å². The molecule has 142 valence electrons. The molecular formula is C22H33N3O. The summed E-state index contributed by atoms with van der Waals surface area (Å²) in [5.74, 6) is 1.15. The molecule has 3 aliphatic rings. The van der Waals surface area contributed by atoms with Crippen LogP contribution < -0.4 is 0 Å². The maximum atomic E-state index is 12.8. The molecule has 0 N–H and O–H groups in total. The van der Waals surface area contributed by atoms with Crippen LogP contribution in [0.3, 0.4) is 0 Å². The number of amides is 1. The average molecular weight is 356 g/mol. The van der Waals surface area contributed by atoms with Gasteiger partial charge in [0.1, 0.15) is 0 Å². The van der Waals surface area contributed by atoms with Gasteiger partial charge in [-0.3, -0.25) is 9.78 Å². The van der Waals surface area contributed by atoms with Crippen molar-refractivity contribution in [1.82, 2.24) is 14.8 Å². The van der Waals surface area contributed by atoms with E-state index in [4.69, 9.17) is 0 Å². The molecule has 2 saturated heterocycles. The molecule has 1 atom stereocenters. The van der Waals surface area contributed by atoms with E-state index in [-0.39, 0.29) is 5.91 Å². The van der Waals surface area contributed by atoms with Gasteiger partial charge in [-0.15, -0.1) is 0 Å². The third-order valence-electron chi connectivity index (χ3n) is 6.97. The van der Waals surface area contributed by atoms with Crippen LogP contribution in [0, 0.1) is 11.3 Å². The van der Waals surface area contributed by atoms with Crippen molar-refractivity contribution in [3.8, 4) is 0 Å². The van der Waals surface area contributed by atoms with Crippen molar-refractivity contribution in [3.63, 3.8) is 0 Å². The molecule has 1 aromatic rings. The van der Waals surface area contributed by atoms with Gasteiger partial charge in [0.15, 0.2) is 0 Å². The molecule has 1 saturated carbocycles. The first kappa shape index (κ1) is 18.0. The molecule has 4 nitrogen and oxygen atoms in total. The lowest BCUT2D eigenvalue weighted by molar-refractivity contribution is 0.0674. The summed E-state index contributed by atoms with van der Waals surface area (Å²) < 4.78 is 0. The van der Waals surface area contributed by atoms with Gasteiger partial charge in [-0.05, 0) is 56.8 Å². The SMILES string of the molecule is O=C(c1ccncc1)N1CCC2(CCCN(CCC3CCCCC3)C2)C1. The maximum Gasteiger partial charge on any atom is 0.253 e. The lowest BCUT2D eigenvalue weighted by Crippen LogP contribution is -2.45. The Bertz CT molecular complexity index is 599. The van der Waals surface area contributed by atoms with Gasteiger partial charge in [-0.1, -0.05) is 32.1 Å². The number of piperidine rings is 1. The van der Waals surface area contributed by atoms with Crippen LogP contribution in [0.15, 0.2) is 24.5 Å². The Morgan fingerprint density at radius 2 is 1.85 bits per heavy atom. The minimum absolute atomic E-state index is 0.184. The normalized spacial score (nSPS) is 27.9. The highest BCUT2D eigenvalue weighted by Gasteiger charge is 2.42. The monoisotopic (exact) mass is 355 g/mol. The van der Waals surface area contributed by atoms with Gasteiger partial charge in [0.2, 0.25) is 0 Å². The second-order valence-corrected chi connectivity index (χ2v) is 8.89. The lowest BCUT2D eigenvalue weighted by Gasteiger charge is -2.41. The minimum Gasteiger partial charge on any atom is -0.338 e. The van der Waals surface area contributed by atoms with Gasteiger partial charge < -0.3 is 9.80 Å². The molecule has 1 spiro atoms. The van der Waals surface area contributed by atoms with Crippen molar-refractivity contribution in [2.45, 2.75) is 57.8 Å². The van der Waals surface area contributed by atoms with Crippen molar-refractivity contribution in [3.05, 3.63) is 30.1 Å². The Morgan fingerprint density at radius 3 is 2.65 bits per heavy atom. The van der Waals surface area contributed by atoms with Crippen LogP contribution in [0.1, 0.15) is 68.1 Å². The zero-order chi connectivity index (χ0) is 17.8. The van der Waals surface area contributed by atoms with Crippen LogP contribution in [-0.4, -0.2) is 53.4 Å². The number of hydrogen-bond acceptors (Lipinski definition) is 3. The summed E-state index contributed by atoms with van der Waals surface area (Å²) in [6.07, 6.45) is 15.8. The molecule has 4 rings (SSSR count). The van der Waals surface area contributed by atoms with E-state index < -0.39 is 0 Å². The maximum absolute atomic E-state index is 12.8. The molecule has 1 aliphatic carbocycles. The first-order chi connectivity index (χ1) is 12.7. The molecule has 3 fully saturated rings. The number of nitrogens with zero attached hydrogens (tertiary/aromatic N) is 3. The van der Waals surface area contributed by atoms with E-state index in [1.165, 1.54) is 77.4 Å². The summed E-state index contributed by atoms with van der Waals surface area (Å²) in [4.78, 5) is 21.6. The highest BCUT2D eigenvalue weighted by molar-refractivity contribution is 5.94. The number of carbonyl (C=O) groups excluding carboxylic acids is 1. The molecule has 0 radical (unpaired) electrons. The summed E-state index contributed by atoms with van der Waals surface area (Å²) in [7, 11) is 0. The van der Waals surface area contributed by atoms with Crippen LogP contribution >= 0.6 is 0 Å². The van der Waals surface area contributed by atoms with Crippen molar-refractivity contribution < 1.29 is 4.79 Å². The number of likely N-dealkylation sites (tertiary alicyclic amines) is 2. The number of pyridine rings is 1. The number of hydrogen-bond donors (Lipinski definition) is 0. The van der Waals surface area contributed by atoms with Crippen LogP contribution in [0.25, 0.3) is 0 Å². The molecule has 1 amide bonds. The lowest BCUT2D eigenvalue weighted by atomic mass is 9.79. The van der Waals surface area contributed by atoms with Gasteiger partial charge in [-0.25, -0.2) is 0 Å². The average Bonchev–Trinajstić information content (AvgIpc) is 3.10. The predicted molar refractivity (Wildman–Crippen MR) is 104 cm³/mol. The number of rotatable bonds is 4. The molecule has 3 heterocycles.